The van der Waals surface area contributed by atoms with E-state index in [0.29, 0.717) is 10.7 Å². The average molecular weight is 314 g/mol. The number of thiazole rings is 1. The summed E-state index contributed by atoms with van der Waals surface area (Å²) in [6, 6.07) is 11.6. The lowest BCUT2D eigenvalue weighted by Gasteiger charge is -2.05. The van der Waals surface area contributed by atoms with Gasteiger partial charge in [0.05, 0.1) is 10.2 Å². The molecule has 0 spiro atoms. The second-order valence-electron chi connectivity index (χ2n) is 4.94. The number of carbonyl (C=O) groups is 1. The fourth-order valence-corrected chi connectivity index (χ4v) is 3.27. The number of rotatable bonds is 2. The van der Waals surface area contributed by atoms with Crippen molar-refractivity contribution < 1.29 is 4.79 Å². The Balaban J connectivity index is 1.90. The lowest BCUT2D eigenvalue weighted by Crippen LogP contribution is -2.13. The number of nitrogens with zero attached hydrogens (tertiary/aromatic N) is 1. The summed E-state index contributed by atoms with van der Waals surface area (Å²) in [5, 5.41) is 3.49. The average Bonchev–Trinajstić information content (AvgIpc) is 2.82. The topological polar surface area (TPSA) is 42.0 Å². The van der Waals surface area contributed by atoms with Gasteiger partial charge in [-0.05, 0) is 49.2 Å². The fourth-order valence-electron chi connectivity index (χ4n) is 2.10. The highest BCUT2D eigenvalue weighted by Crippen LogP contribution is 2.27. The number of hydrogen-bond acceptors (Lipinski definition) is 4. The third-order valence-corrected chi connectivity index (χ3v) is 4.44. The van der Waals surface area contributed by atoms with Crippen molar-refractivity contribution in [3.63, 3.8) is 0 Å². The molecule has 2 aromatic carbocycles. The van der Waals surface area contributed by atoms with Crippen molar-refractivity contribution >= 4 is 45.2 Å². The van der Waals surface area contributed by atoms with Gasteiger partial charge in [0.15, 0.2) is 5.13 Å². The van der Waals surface area contributed by atoms with Crippen LogP contribution in [0.2, 0.25) is 0 Å². The molecule has 1 aromatic heterocycles. The molecule has 0 aliphatic rings. The summed E-state index contributed by atoms with van der Waals surface area (Å²) in [5.41, 5.74) is 3.63. The fraction of sp³-hybridized carbons (Fsp3) is 0.125. The highest BCUT2D eigenvalue weighted by molar-refractivity contribution is 7.80. The highest BCUT2D eigenvalue weighted by atomic mass is 32.1. The largest absolute Gasteiger partial charge is 0.298 e. The Labute approximate surface area is 132 Å². The van der Waals surface area contributed by atoms with Gasteiger partial charge in [-0.25, -0.2) is 4.98 Å². The zero-order chi connectivity index (χ0) is 15.0. The summed E-state index contributed by atoms with van der Waals surface area (Å²) >= 11 is 5.76. The van der Waals surface area contributed by atoms with Crippen LogP contribution in [-0.2, 0) is 0 Å². The lowest BCUT2D eigenvalue weighted by molar-refractivity contribution is 0.102. The number of fused-ring (bicyclic) bond motifs is 1. The van der Waals surface area contributed by atoms with Gasteiger partial charge in [0.2, 0.25) is 0 Å². The van der Waals surface area contributed by atoms with Crippen LogP contribution >= 0.6 is 24.0 Å². The maximum Gasteiger partial charge on any atom is 0.257 e. The zero-order valence-electron chi connectivity index (χ0n) is 11.7. The smallest absolute Gasteiger partial charge is 0.257 e. The zero-order valence-corrected chi connectivity index (χ0v) is 13.4. The van der Waals surface area contributed by atoms with Crippen molar-refractivity contribution in [3.8, 4) is 0 Å². The maximum atomic E-state index is 12.4. The molecule has 0 aliphatic heterocycles. The van der Waals surface area contributed by atoms with Gasteiger partial charge < -0.3 is 0 Å². The van der Waals surface area contributed by atoms with Gasteiger partial charge >= 0.3 is 0 Å². The summed E-state index contributed by atoms with van der Waals surface area (Å²) in [5.74, 6) is -0.154. The Hall–Kier alpha value is -1.85. The summed E-state index contributed by atoms with van der Waals surface area (Å²) < 4.78 is 1.07. The van der Waals surface area contributed by atoms with E-state index in [1.165, 1.54) is 16.9 Å². The minimum absolute atomic E-state index is 0.154. The van der Waals surface area contributed by atoms with E-state index in [4.69, 9.17) is 0 Å². The third kappa shape index (κ3) is 2.94. The SMILES string of the molecule is Cc1ccc2nc(NC(=O)c3cc(S)ccc3C)sc2c1. The van der Waals surface area contributed by atoms with Crippen LogP contribution in [0.3, 0.4) is 0 Å². The van der Waals surface area contributed by atoms with Crippen molar-refractivity contribution in [1.29, 1.82) is 0 Å². The van der Waals surface area contributed by atoms with Crippen molar-refractivity contribution in [1.82, 2.24) is 4.98 Å². The van der Waals surface area contributed by atoms with Crippen molar-refractivity contribution in [2.75, 3.05) is 5.32 Å². The molecule has 0 saturated carbocycles. The van der Waals surface area contributed by atoms with E-state index in [2.05, 4.69) is 29.0 Å². The second-order valence-corrected chi connectivity index (χ2v) is 6.49. The molecule has 5 heteroatoms. The second kappa shape index (κ2) is 5.50. The van der Waals surface area contributed by atoms with Crippen molar-refractivity contribution in [2.24, 2.45) is 0 Å². The molecule has 3 nitrogen and oxygen atoms in total. The van der Waals surface area contributed by atoms with E-state index in [-0.39, 0.29) is 5.91 Å². The van der Waals surface area contributed by atoms with Crippen molar-refractivity contribution in [2.45, 2.75) is 18.7 Å². The van der Waals surface area contributed by atoms with Gasteiger partial charge in [-0.3, -0.25) is 10.1 Å². The van der Waals surface area contributed by atoms with Crippen LogP contribution in [0.15, 0.2) is 41.3 Å². The van der Waals surface area contributed by atoms with Gasteiger partial charge in [-0.15, -0.1) is 12.6 Å². The molecular formula is C16H14N2OS2. The standard InChI is InChI=1S/C16H14N2OS2/c1-9-3-6-13-14(7-9)21-16(17-13)18-15(19)12-8-11(20)5-4-10(12)2/h3-8,20H,1-2H3,(H,17,18,19). The predicted molar refractivity (Wildman–Crippen MR) is 90.7 cm³/mol. The highest BCUT2D eigenvalue weighted by Gasteiger charge is 2.12. The van der Waals surface area contributed by atoms with Gasteiger partial charge in [0.1, 0.15) is 0 Å². The molecule has 0 unspecified atom stereocenters. The first kappa shape index (κ1) is 14.1. The number of amides is 1. The van der Waals surface area contributed by atoms with E-state index in [1.54, 1.807) is 6.07 Å². The summed E-state index contributed by atoms with van der Waals surface area (Å²) in [6.45, 7) is 3.95. The summed E-state index contributed by atoms with van der Waals surface area (Å²) in [6.07, 6.45) is 0. The Bertz CT molecular complexity index is 839. The molecule has 0 saturated heterocycles. The maximum absolute atomic E-state index is 12.4. The number of carbonyl (C=O) groups excluding carboxylic acids is 1. The van der Waals surface area contributed by atoms with E-state index in [0.717, 1.165) is 20.7 Å². The van der Waals surface area contributed by atoms with Crippen LogP contribution in [0, 0.1) is 13.8 Å². The lowest BCUT2D eigenvalue weighted by atomic mass is 10.1. The minimum atomic E-state index is -0.154. The van der Waals surface area contributed by atoms with Gasteiger partial charge in [0, 0.05) is 10.5 Å². The van der Waals surface area contributed by atoms with Crippen LogP contribution < -0.4 is 5.32 Å². The molecule has 1 amide bonds. The molecule has 1 heterocycles. The summed E-state index contributed by atoms with van der Waals surface area (Å²) in [7, 11) is 0. The molecule has 1 N–H and O–H groups in total. The van der Waals surface area contributed by atoms with Gasteiger partial charge in [0.25, 0.3) is 5.91 Å². The van der Waals surface area contributed by atoms with E-state index >= 15 is 0 Å². The molecule has 3 aromatic rings. The molecule has 106 valence electrons. The number of thiol groups is 1. The Morgan fingerprint density at radius 3 is 2.81 bits per heavy atom. The van der Waals surface area contributed by atoms with E-state index < -0.39 is 0 Å². The van der Waals surface area contributed by atoms with Crippen LogP contribution in [0.4, 0.5) is 5.13 Å². The number of anilines is 1. The third-order valence-electron chi connectivity index (χ3n) is 3.23. The number of benzene rings is 2. The molecule has 0 fully saturated rings. The molecular weight excluding hydrogens is 300 g/mol. The number of aryl methyl sites for hydroxylation is 2. The molecule has 3 rings (SSSR count). The number of nitrogens with one attached hydrogen (secondary N) is 1. The Morgan fingerprint density at radius 2 is 2.00 bits per heavy atom. The number of hydrogen-bond donors (Lipinski definition) is 2. The van der Waals surface area contributed by atoms with Crippen molar-refractivity contribution in [3.05, 3.63) is 53.1 Å². The first-order valence-electron chi connectivity index (χ1n) is 6.51. The Kier molecular flexibility index (Phi) is 3.69. The molecule has 0 aliphatic carbocycles. The van der Waals surface area contributed by atoms with Crippen LogP contribution in [-0.4, -0.2) is 10.9 Å². The molecule has 0 bridgehead atoms. The van der Waals surface area contributed by atoms with Crippen LogP contribution in [0.25, 0.3) is 10.2 Å². The van der Waals surface area contributed by atoms with Crippen LogP contribution in [0.1, 0.15) is 21.5 Å². The summed E-state index contributed by atoms with van der Waals surface area (Å²) in [4.78, 5) is 17.6. The molecule has 0 atom stereocenters. The predicted octanol–water partition coefficient (Wildman–Crippen LogP) is 4.45. The number of aromatic nitrogens is 1. The normalized spacial score (nSPS) is 10.8. The quantitative estimate of drug-likeness (QED) is 0.686. The Morgan fingerprint density at radius 1 is 1.19 bits per heavy atom. The first-order valence-corrected chi connectivity index (χ1v) is 7.77. The minimum Gasteiger partial charge on any atom is -0.298 e. The molecule has 0 radical (unpaired) electrons. The van der Waals surface area contributed by atoms with Gasteiger partial charge in [-0.2, -0.15) is 0 Å². The monoisotopic (exact) mass is 314 g/mol. The molecule has 21 heavy (non-hydrogen) atoms. The van der Waals surface area contributed by atoms with Gasteiger partial charge in [-0.1, -0.05) is 23.5 Å². The van der Waals surface area contributed by atoms with Crippen LogP contribution in [0.5, 0.6) is 0 Å². The van der Waals surface area contributed by atoms with E-state index in [1.807, 2.05) is 38.1 Å². The van der Waals surface area contributed by atoms with E-state index in [9.17, 15) is 4.79 Å². The first-order chi connectivity index (χ1) is 10.0.